The Bertz CT molecular complexity index is 3460. The minimum Gasteiger partial charge on any atom is -0.309 e. The average Bonchev–Trinajstić information content (AvgIpc) is 3.76. The molecule has 0 unspecified atom stereocenters. The van der Waals surface area contributed by atoms with Crippen LogP contribution in [-0.4, -0.2) is 19.1 Å². The van der Waals surface area contributed by atoms with Gasteiger partial charge in [-0.1, -0.05) is 140 Å². The third-order valence-corrected chi connectivity index (χ3v) is 11.3. The fraction of sp³-hybridized carbons (Fsp3) is 0. The first kappa shape index (κ1) is 29.3. The van der Waals surface area contributed by atoms with Crippen LogP contribution in [0.1, 0.15) is 0 Å². The van der Waals surface area contributed by atoms with Crippen LogP contribution in [0.25, 0.3) is 110 Å². The molecule has 0 saturated carbocycles. The summed E-state index contributed by atoms with van der Waals surface area (Å²) in [6, 6.07) is 65.4. The number of nitrogens with zero attached hydrogens (tertiary/aromatic N) is 4. The Labute approximate surface area is 309 Å². The molecule has 0 atom stereocenters. The van der Waals surface area contributed by atoms with Crippen LogP contribution in [0.4, 0.5) is 0 Å². The van der Waals surface area contributed by atoms with Gasteiger partial charge in [0.15, 0.2) is 0 Å². The van der Waals surface area contributed by atoms with E-state index < -0.39 is 0 Å². The first-order valence-corrected chi connectivity index (χ1v) is 18.4. The molecule has 4 nitrogen and oxygen atoms in total. The number of para-hydroxylation sites is 3. The van der Waals surface area contributed by atoms with Gasteiger partial charge in [0.2, 0.25) is 5.95 Å². The normalized spacial score (nSPS) is 12.1. The molecule has 0 aliphatic rings. The van der Waals surface area contributed by atoms with Crippen molar-refractivity contribution in [3.63, 3.8) is 0 Å². The van der Waals surface area contributed by atoms with Gasteiger partial charge in [0.1, 0.15) is 0 Å². The summed E-state index contributed by atoms with van der Waals surface area (Å²) < 4.78 is 4.70. The lowest BCUT2D eigenvalue weighted by Gasteiger charge is -2.14. The minimum atomic E-state index is 0.662. The largest absolute Gasteiger partial charge is 0.309 e. The predicted octanol–water partition coefficient (Wildman–Crippen LogP) is 13.0. The summed E-state index contributed by atoms with van der Waals surface area (Å²) in [5, 5.41) is 13.5. The van der Waals surface area contributed by atoms with Crippen molar-refractivity contribution in [1.29, 1.82) is 0 Å². The van der Waals surface area contributed by atoms with Crippen LogP contribution in [0.15, 0.2) is 182 Å². The van der Waals surface area contributed by atoms with Crippen LogP contribution >= 0.6 is 0 Å². The van der Waals surface area contributed by atoms with Gasteiger partial charge in [-0.2, -0.15) is 0 Å². The summed E-state index contributed by atoms with van der Waals surface area (Å²) in [4.78, 5) is 10.6. The summed E-state index contributed by atoms with van der Waals surface area (Å²) in [5.41, 5.74) is 8.56. The van der Waals surface area contributed by atoms with Gasteiger partial charge in [-0.15, -0.1) is 0 Å². The standard InChI is InChI=1S/C50H30N4/c1-2-14-31(15-3-1)49-38-20-8-11-23-42(38)51-50(52-49)54-44-25-13-10-22-40(44)48-46(54)29-28-45-47(48)39-21-9-12-24-43(39)53(45)32-26-27-37-35-18-5-4-16-33(35)34-17-6-7-19-36(34)41(37)30-32/h1-30H. The van der Waals surface area contributed by atoms with Crippen molar-refractivity contribution in [1.82, 2.24) is 19.1 Å². The number of fused-ring (bicyclic) bond motifs is 14. The fourth-order valence-corrected chi connectivity index (χ4v) is 9.03. The molecule has 12 aromatic rings. The second kappa shape index (κ2) is 11.1. The molecule has 9 aromatic carbocycles. The topological polar surface area (TPSA) is 35.6 Å². The summed E-state index contributed by atoms with van der Waals surface area (Å²) in [7, 11) is 0. The number of hydrogen-bond donors (Lipinski definition) is 0. The zero-order valence-electron chi connectivity index (χ0n) is 29.1. The zero-order valence-corrected chi connectivity index (χ0v) is 29.1. The lowest BCUT2D eigenvalue weighted by molar-refractivity contribution is 1.01. The molecule has 0 aliphatic heterocycles. The molecule has 4 heteroatoms. The average molecular weight is 687 g/mol. The fourth-order valence-electron chi connectivity index (χ4n) is 9.03. The van der Waals surface area contributed by atoms with Crippen molar-refractivity contribution in [2.75, 3.05) is 0 Å². The van der Waals surface area contributed by atoms with Crippen LogP contribution in [0.5, 0.6) is 0 Å². The molecule has 12 rings (SSSR count). The van der Waals surface area contributed by atoms with Crippen molar-refractivity contribution in [2.24, 2.45) is 0 Å². The molecule has 3 aromatic heterocycles. The Morgan fingerprint density at radius 1 is 0.315 bits per heavy atom. The van der Waals surface area contributed by atoms with Gasteiger partial charge in [0, 0.05) is 38.2 Å². The zero-order chi connectivity index (χ0) is 35.3. The monoisotopic (exact) mass is 686 g/mol. The second-order valence-electron chi connectivity index (χ2n) is 14.1. The van der Waals surface area contributed by atoms with E-state index in [1.807, 2.05) is 6.07 Å². The van der Waals surface area contributed by atoms with Crippen LogP contribution in [-0.2, 0) is 0 Å². The first-order chi connectivity index (χ1) is 26.8. The minimum absolute atomic E-state index is 0.662. The molecule has 0 aliphatic carbocycles. The highest BCUT2D eigenvalue weighted by Gasteiger charge is 2.22. The second-order valence-corrected chi connectivity index (χ2v) is 14.1. The van der Waals surface area contributed by atoms with E-state index in [-0.39, 0.29) is 0 Å². The van der Waals surface area contributed by atoms with E-state index in [1.165, 1.54) is 64.9 Å². The predicted molar refractivity (Wildman–Crippen MR) is 226 cm³/mol. The van der Waals surface area contributed by atoms with Gasteiger partial charge in [-0.05, 0) is 74.8 Å². The maximum Gasteiger partial charge on any atom is 0.235 e. The molecule has 0 spiro atoms. The van der Waals surface area contributed by atoms with Crippen LogP contribution in [0.3, 0.4) is 0 Å². The van der Waals surface area contributed by atoms with Gasteiger partial charge in [0.05, 0.1) is 33.3 Å². The van der Waals surface area contributed by atoms with Gasteiger partial charge < -0.3 is 4.57 Å². The Balaban J connectivity index is 1.18. The summed E-state index contributed by atoms with van der Waals surface area (Å²) >= 11 is 0. The number of hydrogen-bond acceptors (Lipinski definition) is 2. The molecule has 3 heterocycles. The van der Waals surface area contributed by atoms with Gasteiger partial charge >= 0.3 is 0 Å². The van der Waals surface area contributed by atoms with E-state index in [9.17, 15) is 0 Å². The molecule has 0 bridgehead atoms. The van der Waals surface area contributed by atoms with Crippen molar-refractivity contribution >= 4 is 86.8 Å². The van der Waals surface area contributed by atoms with Gasteiger partial charge in [0.25, 0.3) is 0 Å². The molecular weight excluding hydrogens is 657 g/mol. The van der Waals surface area contributed by atoms with Gasteiger partial charge in [-0.3, -0.25) is 4.57 Å². The summed E-state index contributed by atoms with van der Waals surface area (Å²) in [5.74, 6) is 0.662. The van der Waals surface area contributed by atoms with Crippen molar-refractivity contribution in [3.05, 3.63) is 182 Å². The molecule has 0 amide bonds. The van der Waals surface area contributed by atoms with Crippen molar-refractivity contribution in [2.45, 2.75) is 0 Å². The van der Waals surface area contributed by atoms with E-state index >= 15 is 0 Å². The lowest BCUT2D eigenvalue weighted by atomic mass is 9.94. The Kier molecular flexibility index (Phi) is 6.02. The molecule has 0 N–H and O–H groups in total. The summed E-state index contributed by atoms with van der Waals surface area (Å²) in [6.45, 7) is 0. The van der Waals surface area contributed by atoms with E-state index in [0.29, 0.717) is 5.95 Å². The number of rotatable bonds is 3. The Hall–Kier alpha value is -7.30. The van der Waals surface area contributed by atoms with E-state index in [1.54, 1.807) is 0 Å². The Morgan fingerprint density at radius 3 is 1.44 bits per heavy atom. The molecule has 0 saturated heterocycles. The highest BCUT2D eigenvalue weighted by Crippen LogP contribution is 2.43. The quantitative estimate of drug-likeness (QED) is 0.173. The smallest absolute Gasteiger partial charge is 0.235 e. The molecular formula is C50H30N4. The first-order valence-electron chi connectivity index (χ1n) is 18.4. The van der Waals surface area contributed by atoms with Crippen LogP contribution in [0.2, 0.25) is 0 Å². The molecule has 0 radical (unpaired) electrons. The summed E-state index contributed by atoms with van der Waals surface area (Å²) in [6.07, 6.45) is 0. The van der Waals surface area contributed by atoms with E-state index in [0.717, 1.165) is 38.9 Å². The van der Waals surface area contributed by atoms with E-state index in [2.05, 4.69) is 185 Å². The molecule has 0 fully saturated rings. The number of benzene rings is 9. The molecule has 250 valence electrons. The maximum atomic E-state index is 5.33. The van der Waals surface area contributed by atoms with Gasteiger partial charge in [-0.25, -0.2) is 9.97 Å². The maximum absolute atomic E-state index is 5.33. The van der Waals surface area contributed by atoms with Crippen LogP contribution in [0, 0.1) is 0 Å². The lowest BCUT2D eigenvalue weighted by Crippen LogP contribution is -2.03. The highest BCUT2D eigenvalue weighted by molar-refractivity contribution is 6.29. The van der Waals surface area contributed by atoms with Crippen LogP contribution < -0.4 is 0 Å². The third-order valence-electron chi connectivity index (χ3n) is 11.3. The Morgan fingerprint density at radius 2 is 0.796 bits per heavy atom. The third kappa shape index (κ3) is 4.02. The van der Waals surface area contributed by atoms with Crippen molar-refractivity contribution in [3.8, 4) is 22.9 Å². The molecule has 54 heavy (non-hydrogen) atoms. The SMILES string of the molecule is c1ccc(-c2nc(-n3c4ccccc4c4c5c6ccccc6n(-c6ccc7c8ccccc8c8ccccc8c7c6)c5ccc43)nc3ccccc23)cc1. The highest BCUT2D eigenvalue weighted by atomic mass is 15.2. The number of aromatic nitrogens is 4. The van der Waals surface area contributed by atoms with E-state index in [4.69, 9.17) is 9.97 Å². The van der Waals surface area contributed by atoms with Crippen molar-refractivity contribution < 1.29 is 0 Å².